The smallest absolute Gasteiger partial charge is 0.306 e. The lowest BCUT2D eigenvalue weighted by Crippen LogP contribution is -2.58. The molecule has 0 unspecified atom stereocenters. The first-order valence-corrected chi connectivity index (χ1v) is 18.6. The maximum Gasteiger partial charge on any atom is 0.306 e. The first kappa shape index (κ1) is 42.1. The van der Waals surface area contributed by atoms with Crippen LogP contribution in [0.15, 0.2) is 48.5 Å². The van der Waals surface area contributed by atoms with Crippen LogP contribution >= 0.6 is 0 Å². The van der Waals surface area contributed by atoms with E-state index in [1.54, 1.807) is 37.1 Å². The van der Waals surface area contributed by atoms with Gasteiger partial charge in [-0.1, -0.05) is 83.9 Å². The standard InChI is InChI=1S/C40H59N5O7/c1-9-26(4)36(43-38(48)33-20-13-14-21-44(33)7)39(49)45(8)34(25(2)3)24-35(52-28(6)46)31-18-15-19-32(42-31)37(47)41-30(22-27(5)40(50)51)23-29-16-11-10-12-17-29/h10-12,15-19,25-27,30,33-36H,9,13-14,20-24H2,1-8H3,(H,41,47)(H,43,48)(H,50,51)/t26-,27-,30+,33+,34+,35+,36-/m0/s1. The van der Waals surface area contributed by atoms with Crippen molar-refractivity contribution >= 4 is 29.7 Å². The number of rotatable bonds is 18. The molecule has 0 aliphatic carbocycles. The second-order valence-corrected chi connectivity index (χ2v) is 14.7. The van der Waals surface area contributed by atoms with Crippen LogP contribution in [0.5, 0.6) is 0 Å². The molecule has 1 aliphatic heterocycles. The zero-order valence-electron chi connectivity index (χ0n) is 32.1. The molecule has 2 aromatic rings. The normalized spacial score (nSPS) is 18.3. The minimum absolute atomic E-state index is 0.0637. The number of hydrogen-bond acceptors (Lipinski definition) is 8. The van der Waals surface area contributed by atoms with Crippen molar-refractivity contribution in [3.63, 3.8) is 0 Å². The number of pyridine rings is 1. The quantitative estimate of drug-likeness (QED) is 0.180. The first-order valence-electron chi connectivity index (χ1n) is 18.6. The predicted octanol–water partition coefficient (Wildman–Crippen LogP) is 5.03. The molecular weight excluding hydrogens is 662 g/mol. The van der Waals surface area contributed by atoms with Crippen molar-refractivity contribution in [2.24, 2.45) is 17.8 Å². The number of nitrogens with one attached hydrogen (secondary N) is 2. The number of likely N-dealkylation sites (tertiary alicyclic amines) is 1. The van der Waals surface area contributed by atoms with Crippen LogP contribution in [0.3, 0.4) is 0 Å². The summed E-state index contributed by atoms with van der Waals surface area (Å²) in [5.41, 5.74) is 1.39. The number of esters is 1. The van der Waals surface area contributed by atoms with Crippen LogP contribution < -0.4 is 10.6 Å². The van der Waals surface area contributed by atoms with Gasteiger partial charge < -0.3 is 25.4 Å². The van der Waals surface area contributed by atoms with Crippen molar-refractivity contribution in [3.8, 4) is 0 Å². The third kappa shape index (κ3) is 12.1. The van der Waals surface area contributed by atoms with Crippen LogP contribution in [0.4, 0.5) is 0 Å². The summed E-state index contributed by atoms with van der Waals surface area (Å²) < 4.78 is 5.79. The number of benzene rings is 1. The average Bonchev–Trinajstić information content (AvgIpc) is 3.11. The Morgan fingerprint density at radius 2 is 1.67 bits per heavy atom. The Hall–Kier alpha value is -4.32. The number of aromatic nitrogens is 1. The van der Waals surface area contributed by atoms with Gasteiger partial charge in [-0.3, -0.25) is 28.9 Å². The Morgan fingerprint density at radius 3 is 2.27 bits per heavy atom. The van der Waals surface area contributed by atoms with Gasteiger partial charge in [-0.15, -0.1) is 0 Å². The van der Waals surface area contributed by atoms with Gasteiger partial charge in [-0.25, -0.2) is 4.98 Å². The number of hydrogen-bond donors (Lipinski definition) is 3. The summed E-state index contributed by atoms with van der Waals surface area (Å²) in [5, 5.41) is 15.6. The lowest BCUT2D eigenvalue weighted by atomic mass is 9.91. The van der Waals surface area contributed by atoms with E-state index < -0.39 is 48.0 Å². The zero-order chi connectivity index (χ0) is 38.5. The monoisotopic (exact) mass is 721 g/mol. The molecule has 0 bridgehead atoms. The molecule has 0 saturated carbocycles. The summed E-state index contributed by atoms with van der Waals surface area (Å²) in [4.78, 5) is 73.6. The van der Waals surface area contributed by atoms with Crippen molar-refractivity contribution in [2.45, 2.75) is 117 Å². The molecule has 7 atom stereocenters. The Morgan fingerprint density at radius 1 is 0.981 bits per heavy atom. The van der Waals surface area contributed by atoms with Crippen LogP contribution in [-0.4, -0.2) is 94.4 Å². The Balaban J connectivity index is 1.85. The van der Waals surface area contributed by atoms with Gasteiger partial charge >= 0.3 is 11.9 Å². The average molecular weight is 722 g/mol. The van der Waals surface area contributed by atoms with Gasteiger partial charge in [-0.2, -0.15) is 0 Å². The summed E-state index contributed by atoms with van der Waals surface area (Å²) in [6.07, 6.45) is 3.42. The van der Waals surface area contributed by atoms with Gasteiger partial charge in [0.15, 0.2) is 0 Å². The van der Waals surface area contributed by atoms with Gasteiger partial charge in [-0.05, 0) is 68.8 Å². The fraction of sp³-hybridized carbons (Fsp3) is 0.600. The summed E-state index contributed by atoms with van der Waals surface area (Å²) in [6.45, 7) is 11.7. The van der Waals surface area contributed by atoms with Crippen molar-refractivity contribution in [3.05, 3.63) is 65.5 Å². The molecule has 12 nitrogen and oxygen atoms in total. The maximum atomic E-state index is 14.2. The zero-order valence-corrected chi connectivity index (χ0v) is 32.1. The van der Waals surface area contributed by atoms with Crippen molar-refractivity contribution in [2.75, 3.05) is 20.6 Å². The largest absolute Gasteiger partial charge is 0.481 e. The Labute approximate surface area is 309 Å². The number of aliphatic carboxylic acids is 1. The van der Waals surface area contributed by atoms with Crippen LogP contribution in [0.25, 0.3) is 0 Å². The maximum absolute atomic E-state index is 14.2. The number of ether oxygens (including phenoxy) is 1. The molecule has 1 aromatic carbocycles. The molecule has 1 aliphatic rings. The predicted molar refractivity (Wildman–Crippen MR) is 199 cm³/mol. The van der Waals surface area contributed by atoms with Crippen molar-refractivity contribution < 1.29 is 33.8 Å². The summed E-state index contributed by atoms with van der Waals surface area (Å²) in [6, 6.07) is 12.5. The highest BCUT2D eigenvalue weighted by Gasteiger charge is 2.37. The SMILES string of the molecule is CC[C@H](C)[C@H](NC(=O)[C@H]1CCCCN1C)C(=O)N(C)[C@H](C[C@@H](OC(C)=O)c1cccc(C(=O)N[C@@H](Cc2ccccc2)C[C@H](C)C(=O)O)n1)C(C)C. The number of carbonyl (C=O) groups is 5. The van der Waals surface area contributed by atoms with E-state index in [1.165, 1.54) is 6.92 Å². The highest BCUT2D eigenvalue weighted by atomic mass is 16.5. The van der Waals surface area contributed by atoms with Gasteiger partial charge in [0.2, 0.25) is 11.8 Å². The highest BCUT2D eigenvalue weighted by molar-refractivity contribution is 5.92. The number of carboxylic acids is 1. The third-order valence-corrected chi connectivity index (χ3v) is 10.3. The Bertz CT molecular complexity index is 1500. The summed E-state index contributed by atoms with van der Waals surface area (Å²) in [7, 11) is 3.66. The Kier molecular flexibility index (Phi) is 16.2. The van der Waals surface area contributed by atoms with Gasteiger partial charge in [0.1, 0.15) is 17.8 Å². The number of carboxylic acid groups (broad SMARTS) is 1. The molecule has 2 heterocycles. The van der Waals surface area contributed by atoms with Gasteiger partial charge in [0, 0.05) is 32.5 Å². The van der Waals surface area contributed by atoms with E-state index >= 15 is 0 Å². The van der Waals surface area contributed by atoms with E-state index in [-0.39, 0.29) is 48.2 Å². The summed E-state index contributed by atoms with van der Waals surface area (Å²) in [5.74, 6) is -3.20. The van der Waals surface area contributed by atoms with Crippen LogP contribution in [0.2, 0.25) is 0 Å². The molecule has 1 aromatic heterocycles. The lowest BCUT2D eigenvalue weighted by molar-refractivity contribution is -0.149. The van der Waals surface area contributed by atoms with Gasteiger partial charge in [0.05, 0.1) is 17.7 Å². The van der Waals surface area contributed by atoms with E-state index in [0.29, 0.717) is 18.5 Å². The minimum Gasteiger partial charge on any atom is -0.481 e. The fourth-order valence-corrected chi connectivity index (χ4v) is 6.88. The molecule has 3 amide bonds. The topological polar surface area (TPSA) is 158 Å². The van der Waals surface area contributed by atoms with Crippen molar-refractivity contribution in [1.82, 2.24) is 25.4 Å². The highest BCUT2D eigenvalue weighted by Crippen LogP contribution is 2.29. The summed E-state index contributed by atoms with van der Waals surface area (Å²) >= 11 is 0. The molecule has 12 heteroatoms. The molecule has 3 N–H and O–H groups in total. The van der Waals surface area contributed by atoms with Crippen LogP contribution in [0.1, 0.15) is 108 Å². The number of nitrogens with zero attached hydrogens (tertiary/aromatic N) is 3. The second-order valence-electron chi connectivity index (χ2n) is 14.7. The van der Waals surface area contributed by atoms with Gasteiger partial charge in [0.25, 0.3) is 5.91 Å². The molecule has 0 spiro atoms. The molecule has 286 valence electrons. The number of amides is 3. The number of piperidine rings is 1. The first-order chi connectivity index (χ1) is 24.6. The van der Waals surface area contributed by atoms with E-state index in [1.807, 2.05) is 70.0 Å². The fourth-order valence-electron chi connectivity index (χ4n) is 6.88. The van der Waals surface area contributed by atoms with Crippen molar-refractivity contribution in [1.29, 1.82) is 0 Å². The molecule has 52 heavy (non-hydrogen) atoms. The molecule has 0 radical (unpaired) electrons. The van der Waals surface area contributed by atoms with Crippen LogP contribution in [-0.2, 0) is 30.3 Å². The van der Waals surface area contributed by atoms with Crippen LogP contribution in [0, 0.1) is 17.8 Å². The molecule has 3 rings (SSSR count). The van der Waals surface area contributed by atoms with E-state index in [0.717, 1.165) is 31.4 Å². The lowest BCUT2D eigenvalue weighted by Gasteiger charge is -2.38. The molecular formula is C40H59N5O7. The second kappa shape index (κ2) is 20.1. The van der Waals surface area contributed by atoms with E-state index in [4.69, 9.17) is 4.74 Å². The van der Waals surface area contributed by atoms with E-state index in [9.17, 15) is 29.1 Å². The number of likely N-dealkylation sites (N-methyl/N-ethyl adjacent to an activating group) is 2. The molecule has 1 fully saturated rings. The van der Waals surface area contributed by atoms with E-state index in [2.05, 4.69) is 15.6 Å². The molecule has 1 saturated heterocycles. The number of carbonyl (C=O) groups excluding carboxylic acids is 4. The third-order valence-electron chi connectivity index (χ3n) is 10.3. The minimum atomic E-state index is -0.950.